The summed E-state index contributed by atoms with van der Waals surface area (Å²) >= 11 is 0. The summed E-state index contributed by atoms with van der Waals surface area (Å²) in [5.41, 5.74) is 0. The van der Waals surface area contributed by atoms with Crippen LogP contribution in [0, 0.1) is 5.92 Å². The van der Waals surface area contributed by atoms with Crippen LogP contribution in [-0.2, 0) is 4.79 Å². The number of amides is 1. The molecule has 0 aromatic heterocycles. The van der Waals surface area contributed by atoms with E-state index in [-0.39, 0.29) is 0 Å². The molecule has 1 saturated heterocycles. The van der Waals surface area contributed by atoms with Crippen LogP contribution in [0.15, 0.2) is 0 Å². The zero-order chi connectivity index (χ0) is 11.4. The van der Waals surface area contributed by atoms with Crippen molar-refractivity contribution in [2.24, 2.45) is 5.92 Å². The second-order valence-electron chi connectivity index (χ2n) is 5.25. The molecule has 1 N–H and O–H groups in total. The molecule has 92 valence electrons. The molecule has 0 spiro atoms. The van der Waals surface area contributed by atoms with E-state index < -0.39 is 0 Å². The molecule has 2 rings (SSSR count). The Bertz CT molecular complexity index is 236. The molecule has 3 heteroatoms. The van der Waals surface area contributed by atoms with Crippen LogP contribution in [0.5, 0.6) is 0 Å². The third kappa shape index (κ3) is 2.76. The summed E-state index contributed by atoms with van der Waals surface area (Å²) in [6.45, 7) is 1.90. The highest BCUT2D eigenvalue weighted by atomic mass is 16.2. The Hall–Kier alpha value is -0.570. The fourth-order valence-corrected chi connectivity index (χ4v) is 3.02. The summed E-state index contributed by atoms with van der Waals surface area (Å²) < 4.78 is 0. The van der Waals surface area contributed by atoms with Gasteiger partial charge in [0.2, 0.25) is 5.91 Å². The molecule has 0 aromatic carbocycles. The van der Waals surface area contributed by atoms with Crippen LogP contribution < -0.4 is 5.32 Å². The molecule has 1 aliphatic carbocycles. The van der Waals surface area contributed by atoms with Crippen molar-refractivity contribution in [1.29, 1.82) is 0 Å². The maximum absolute atomic E-state index is 12.3. The van der Waals surface area contributed by atoms with Gasteiger partial charge in [-0.2, -0.15) is 0 Å². The first-order valence-corrected chi connectivity index (χ1v) is 6.77. The van der Waals surface area contributed by atoms with E-state index in [1.54, 1.807) is 0 Å². The summed E-state index contributed by atoms with van der Waals surface area (Å²) in [4.78, 5) is 14.4. The molecule has 2 fully saturated rings. The minimum Gasteiger partial charge on any atom is -0.341 e. The third-order valence-electron chi connectivity index (χ3n) is 4.10. The average molecular weight is 224 g/mol. The van der Waals surface area contributed by atoms with Crippen molar-refractivity contribution in [2.75, 3.05) is 20.1 Å². The second kappa shape index (κ2) is 5.67. The van der Waals surface area contributed by atoms with Crippen LogP contribution in [-0.4, -0.2) is 37.0 Å². The molecule has 1 amide bonds. The number of hydrogen-bond donors (Lipinski definition) is 1. The van der Waals surface area contributed by atoms with Gasteiger partial charge in [0.15, 0.2) is 0 Å². The second-order valence-corrected chi connectivity index (χ2v) is 5.25. The van der Waals surface area contributed by atoms with E-state index in [4.69, 9.17) is 0 Å². The fraction of sp³-hybridized carbons (Fsp3) is 0.923. The number of carbonyl (C=O) groups is 1. The third-order valence-corrected chi connectivity index (χ3v) is 4.10. The van der Waals surface area contributed by atoms with Gasteiger partial charge in [0.25, 0.3) is 0 Å². The van der Waals surface area contributed by atoms with Crippen molar-refractivity contribution >= 4 is 5.91 Å². The number of likely N-dealkylation sites (tertiary alicyclic amines) is 1. The van der Waals surface area contributed by atoms with Crippen LogP contribution >= 0.6 is 0 Å². The Balaban J connectivity index is 1.87. The lowest BCUT2D eigenvalue weighted by Gasteiger charge is -2.35. The molecule has 0 unspecified atom stereocenters. The SMILES string of the molecule is CN[C@H]1CCCN(C(=O)C2CCCCC2)C1. The van der Waals surface area contributed by atoms with Gasteiger partial charge in [-0.15, -0.1) is 0 Å². The lowest BCUT2D eigenvalue weighted by atomic mass is 9.87. The minimum absolute atomic E-state index is 0.337. The summed E-state index contributed by atoms with van der Waals surface area (Å²) in [5.74, 6) is 0.768. The van der Waals surface area contributed by atoms with E-state index in [9.17, 15) is 4.79 Å². The summed E-state index contributed by atoms with van der Waals surface area (Å²) in [6, 6.07) is 0.515. The Kier molecular flexibility index (Phi) is 4.22. The van der Waals surface area contributed by atoms with Gasteiger partial charge in [0.05, 0.1) is 0 Å². The zero-order valence-corrected chi connectivity index (χ0v) is 10.4. The highest BCUT2D eigenvalue weighted by Gasteiger charge is 2.28. The largest absolute Gasteiger partial charge is 0.341 e. The van der Waals surface area contributed by atoms with Crippen LogP contribution in [0.1, 0.15) is 44.9 Å². The highest BCUT2D eigenvalue weighted by molar-refractivity contribution is 5.79. The number of likely N-dealkylation sites (N-methyl/N-ethyl adjacent to an activating group) is 1. The average Bonchev–Trinajstić information content (AvgIpc) is 2.39. The molecule has 3 nitrogen and oxygen atoms in total. The first-order valence-electron chi connectivity index (χ1n) is 6.77. The van der Waals surface area contributed by atoms with Crippen molar-refractivity contribution in [2.45, 2.75) is 51.0 Å². The smallest absolute Gasteiger partial charge is 0.225 e. The molecule has 1 atom stereocenters. The van der Waals surface area contributed by atoms with E-state index in [1.165, 1.54) is 25.7 Å². The number of nitrogens with zero attached hydrogens (tertiary/aromatic N) is 1. The molecule has 2 aliphatic rings. The number of nitrogens with one attached hydrogen (secondary N) is 1. The van der Waals surface area contributed by atoms with Crippen molar-refractivity contribution in [1.82, 2.24) is 10.2 Å². The monoisotopic (exact) mass is 224 g/mol. The maximum Gasteiger partial charge on any atom is 0.225 e. The van der Waals surface area contributed by atoms with Gasteiger partial charge in [-0.1, -0.05) is 19.3 Å². The van der Waals surface area contributed by atoms with Crippen molar-refractivity contribution in [3.05, 3.63) is 0 Å². The van der Waals surface area contributed by atoms with Gasteiger partial charge in [-0.3, -0.25) is 4.79 Å². The van der Waals surface area contributed by atoms with Crippen LogP contribution in [0.4, 0.5) is 0 Å². The van der Waals surface area contributed by atoms with Crippen LogP contribution in [0.2, 0.25) is 0 Å². The maximum atomic E-state index is 12.3. The van der Waals surface area contributed by atoms with E-state index in [0.717, 1.165) is 32.4 Å². The highest BCUT2D eigenvalue weighted by Crippen LogP contribution is 2.26. The molecule has 0 aromatic rings. The topological polar surface area (TPSA) is 32.3 Å². The van der Waals surface area contributed by atoms with Crippen LogP contribution in [0.3, 0.4) is 0 Å². The lowest BCUT2D eigenvalue weighted by Crippen LogP contribution is -2.49. The van der Waals surface area contributed by atoms with Gasteiger partial charge in [0.1, 0.15) is 0 Å². The first-order chi connectivity index (χ1) is 7.81. The quantitative estimate of drug-likeness (QED) is 0.775. The minimum atomic E-state index is 0.337. The van der Waals surface area contributed by atoms with E-state index in [0.29, 0.717) is 17.9 Å². The lowest BCUT2D eigenvalue weighted by molar-refractivity contribution is -0.137. The molecule has 0 radical (unpaired) electrons. The Morgan fingerprint density at radius 2 is 1.88 bits per heavy atom. The zero-order valence-electron chi connectivity index (χ0n) is 10.4. The van der Waals surface area contributed by atoms with Gasteiger partial charge in [-0.05, 0) is 32.7 Å². The molecule has 1 heterocycles. The molecular weight excluding hydrogens is 200 g/mol. The van der Waals surface area contributed by atoms with Gasteiger partial charge in [0, 0.05) is 25.0 Å². The van der Waals surface area contributed by atoms with Gasteiger partial charge in [-0.25, -0.2) is 0 Å². The van der Waals surface area contributed by atoms with Gasteiger partial charge >= 0.3 is 0 Å². The normalized spacial score (nSPS) is 28.1. The van der Waals surface area contributed by atoms with Crippen LogP contribution in [0.25, 0.3) is 0 Å². The predicted octanol–water partition coefficient (Wildman–Crippen LogP) is 1.78. The Morgan fingerprint density at radius 1 is 1.12 bits per heavy atom. The number of piperidine rings is 1. The first kappa shape index (κ1) is 11.9. The summed E-state index contributed by atoms with van der Waals surface area (Å²) in [7, 11) is 2.00. The Morgan fingerprint density at radius 3 is 2.56 bits per heavy atom. The van der Waals surface area contributed by atoms with E-state index in [2.05, 4.69) is 10.2 Å². The van der Waals surface area contributed by atoms with Gasteiger partial charge < -0.3 is 10.2 Å². The molecule has 16 heavy (non-hydrogen) atoms. The van der Waals surface area contributed by atoms with E-state index >= 15 is 0 Å². The number of carbonyl (C=O) groups excluding carboxylic acids is 1. The number of hydrogen-bond acceptors (Lipinski definition) is 2. The molecule has 1 saturated carbocycles. The molecule has 0 bridgehead atoms. The van der Waals surface area contributed by atoms with Crippen molar-refractivity contribution in [3.63, 3.8) is 0 Å². The van der Waals surface area contributed by atoms with Crippen molar-refractivity contribution < 1.29 is 4.79 Å². The molecular formula is C13H24N2O. The Labute approximate surface area is 98.6 Å². The summed E-state index contributed by atoms with van der Waals surface area (Å²) in [5, 5.41) is 3.30. The van der Waals surface area contributed by atoms with Crippen molar-refractivity contribution in [3.8, 4) is 0 Å². The predicted molar refractivity (Wildman–Crippen MR) is 65.2 cm³/mol. The summed E-state index contributed by atoms with van der Waals surface area (Å²) in [6.07, 6.45) is 8.44. The standard InChI is InChI=1S/C13H24N2O/c1-14-12-8-5-9-15(10-12)13(16)11-6-3-2-4-7-11/h11-12,14H,2-10H2,1H3/t12-/m0/s1. The molecule has 1 aliphatic heterocycles. The number of rotatable bonds is 2. The van der Waals surface area contributed by atoms with E-state index in [1.807, 2.05) is 7.05 Å². The fourth-order valence-electron chi connectivity index (χ4n) is 3.02.